The number of hydrogen-bond acceptors (Lipinski definition) is 6. The van der Waals surface area contributed by atoms with Crippen LogP contribution >= 0.6 is 11.6 Å². The van der Waals surface area contributed by atoms with Crippen molar-refractivity contribution in [2.24, 2.45) is 17.3 Å². The topological polar surface area (TPSA) is 106 Å². The lowest BCUT2D eigenvalue weighted by Gasteiger charge is -2.47. The molecule has 1 heterocycles. The van der Waals surface area contributed by atoms with Gasteiger partial charge in [0.1, 0.15) is 5.78 Å². The molecule has 1 aromatic heterocycles. The summed E-state index contributed by atoms with van der Waals surface area (Å²) in [6, 6.07) is 5.55. The van der Waals surface area contributed by atoms with E-state index in [0.717, 1.165) is 19.3 Å². The monoisotopic (exact) mass is 751 g/mol. The van der Waals surface area contributed by atoms with Crippen LogP contribution in [0.3, 0.4) is 0 Å². The Hall–Kier alpha value is -1.63. The number of Topliss-reactive ketones (excluding diaryl/α,β-unsaturated/α-hetero) is 1. The van der Waals surface area contributed by atoms with Gasteiger partial charge in [0.25, 0.3) is 0 Å². The average Bonchev–Trinajstić information content (AvgIpc) is 2.98. The molecule has 5 atom stereocenters. The van der Waals surface area contributed by atoms with Gasteiger partial charge in [-0.15, -0.1) is 0 Å². The molecule has 0 aliphatic heterocycles. The second kappa shape index (κ2) is 18.9. The third kappa shape index (κ3) is 13.7. The lowest BCUT2D eigenvalue weighted by molar-refractivity contribution is -0.147. The zero-order chi connectivity index (χ0) is 38.9. The van der Waals surface area contributed by atoms with E-state index in [-0.39, 0.29) is 34.3 Å². The minimum Gasteiger partial charge on any atom is -0.481 e. The molecule has 0 saturated heterocycles. The maximum Gasteiger partial charge on any atom is 0.305 e. The molecule has 1 aromatic rings. The van der Waals surface area contributed by atoms with Gasteiger partial charge in [-0.1, -0.05) is 98.6 Å². The highest BCUT2D eigenvalue weighted by Crippen LogP contribution is 2.44. The minimum atomic E-state index is -2.39. The molecular formula is C40H70ClNO6Si2. The fourth-order valence-corrected chi connectivity index (χ4v) is 8.62. The Balaban J connectivity index is 3.28. The Morgan fingerprint density at radius 3 is 2.02 bits per heavy atom. The Bertz CT molecular complexity index is 1300. The maximum absolute atomic E-state index is 14.8. The van der Waals surface area contributed by atoms with Crippen LogP contribution in [0.1, 0.15) is 120 Å². The number of aliphatic hydroxyl groups excluding tert-OH is 1. The molecular weight excluding hydrogens is 682 g/mol. The number of carbonyl (C=O) groups is 2. The van der Waals surface area contributed by atoms with Gasteiger partial charge in [0.15, 0.2) is 16.6 Å². The van der Waals surface area contributed by atoms with E-state index >= 15 is 0 Å². The number of carbonyl (C=O) groups excluding carboxylic acids is 1. The molecule has 0 aromatic carbocycles. The molecule has 1 rings (SSSR count). The molecule has 0 spiro atoms. The van der Waals surface area contributed by atoms with Gasteiger partial charge in [-0.25, -0.2) is 0 Å². The number of rotatable bonds is 20. The van der Waals surface area contributed by atoms with E-state index in [9.17, 15) is 19.8 Å². The first kappa shape index (κ1) is 46.4. The summed E-state index contributed by atoms with van der Waals surface area (Å²) in [5.74, 6) is -1.27. The number of allylic oxidation sites excluding steroid dienone is 1. The fraction of sp³-hybridized carbons (Fsp3) is 0.725. The normalized spacial score (nSPS) is 17.2. The van der Waals surface area contributed by atoms with E-state index in [1.807, 2.05) is 45.0 Å². The fourth-order valence-electron chi connectivity index (χ4n) is 5.54. The number of ketones is 1. The van der Waals surface area contributed by atoms with Crippen molar-refractivity contribution >= 4 is 46.1 Å². The van der Waals surface area contributed by atoms with Gasteiger partial charge >= 0.3 is 5.97 Å². The maximum atomic E-state index is 14.8. The predicted molar refractivity (Wildman–Crippen MR) is 214 cm³/mol. The van der Waals surface area contributed by atoms with Crippen molar-refractivity contribution in [2.75, 3.05) is 0 Å². The van der Waals surface area contributed by atoms with Crippen LogP contribution in [0.25, 0.3) is 6.08 Å². The summed E-state index contributed by atoms with van der Waals surface area (Å²) in [7, 11) is -4.68. The molecule has 0 radical (unpaired) electrons. The van der Waals surface area contributed by atoms with E-state index in [0.29, 0.717) is 23.6 Å². The van der Waals surface area contributed by atoms with Crippen molar-refractivity contribution in [2.45, 2.75) is 169 Å². The van der Waals surface area contributed by atoms with Crippen molar-refractivity contribution in [1.29, 1.82) is 0 Å². The molecule has 0 aliphatic rings. The van der Waals surface area contributed by atoms with Gasteiger partial charge in [0.05, 0.1) is 30.4 Å². The molecule has 0 unspecified atom stereocenters. The SMILES string of the molecule is CC[C@@H](C(=O)C(C)(C)[C@H](CC(=O)O)O[Si](C)(C)C(C)(C)C)[C@@H](O[Si](C)(C)C(C)(C)C)[C@@H](C)CCC/C(C)=C\C[C@H](O)/C(Cl)=C/c1ccccn1. The summed E-state index contributed by atoms with van der Waals surface area (Å²) >= 11 is 6.38. The number of carboxylic acid groups (broad SMARTS) is 1. The average molecular weight is 753 g/mol. The molecule has 0 bridgehead atoms. The Labute approximate surface area is 311 Å². The highest BCUT2D eigenvalue weighted by atomic mass is 35.5. The number of halogens is 1. The summed E-state index contributed by atoms with van der Waals surface area (Å²) in [5.41, 5.74) is 0.841. The Kier molecular flexibility index (Phi) is 17.6. The molecule has 0 fully saturated rings. The van der Waals surface area contributed by atoms with E-state index in [1.54, 1.807) is 12.3 Å². The third-order valence-electron chi connectivity index (χ3n) is 11.2. The van der Waals surface area contributed by atoms with Gasteiger partial charge in [-0.3, -0.25) is 14.6 Å². The second-order valence-corrected chi connectivity index (χ2v) is 27.8. The van der Waals surface area contributed by atoms with Crippen LogP contribution in [0.5, 0.6) is 0 Å². The highest BCUT2D eigenvalue weighted by molar-refractivity contribution is 6.74. The molecule has 10 heteroatoms. The molecule has 0 amide bonds. The van der Waals surface area contributed by atoms with Crippen molar-refractivity contribution < 1.29 is 28.7 Å². The number of aliphatic carboxylic acids is 1. The molecule has 0 saturated carbocycles. The number of pyridine rings is 1. The summed E-state index contributed by atoms with van der Waals surface area (Å²) in [5, 5.41) is 20.7. The molecule has 0 aliphatic carbocycles. The van der Waals surface area contributed by atoms with Crippen LogP contribution in [0.2, 0.25) is 36.3 Å². The standard InChI is InChI=1S/C40H70ClNO6Si2/c1-16-31(37(46)40(10,11)34(27-35(44)45)47-49(12,13)38(4,5)6)36(48-50(14,15)39(7,8)9)29(3)21-19-20-28(2)23-24-33(43)32(41)26-30-22-17-18-25-42-30/h17-18,22-23,25-26,29,31,33-34,36,43H,16,19-21,24,27H2,1-15H3,(H,44,45)/b28-23-,32-26-/t29-,31+,33-,34-,36-/m0/s1. The lowest BCUT2D eigenvalue weighted by atomic mass is 9.71. The predicted octanol–water partition coefficient (Wildman–Crippen LogP) is 11.0. The third-order valence-corrected chi connectivity index (χ3v) is 20.5. The Morgan fingerprint density at radius 1 is 0.980 bits per heavy atom. The first-order valence-electron chi connectivity index (χ1n) is 18.4. The molecule has 2 N–H and O–H groups in total. The van der Waals surface area contributed by atoms with Crippen molar-refractivity contribution in [3.63, 3.8) is 0 Å². The van der Waals surface area contributed by atoms with Crippen LogP contribution in [0, 0.1) is 17.3 Å². The second-order valence-electron chi connectivity index (χ2n) is 17.9. The summed E-state index contributed by atoms with van der Waals surface area (Å²) in [4.78, 5) is 31.1. The van der Waals surface area contributed by atoms with Gasteiger partial charge in [0, 0.05) is 22.6 Å². The lowest BCUT2D eigenvalue weighted by Crippen LogP contribution is -2.54. The van der Waals surface area contributed by atoms with Gasteiger partial charge in [-0.05, 0) is 99.4 Å². The van der Waals surface area contributed by atoms with Crippen LogP contribution in [-0.4, -0.2) is 61.9 Å². The number of hydrogen-bond donors (Lipinski definition) is 2. The smallest absolute Gasteiger partial charge is 0.305 e. The quantitative estimate of drug-likeness (QED) is 0.101. The van der Waals surface area contributed by atoms with Crippen molar-refractivity contribution in [3.05, 3.63) is 46.8 Å². The van der Waals surface area contributed by atoms with E-state index in [2.05, 4.69) is 86.6 Å². The molecule has 50 heavy (non-hydrogen) atoms. The number of aliphatic hydroxyl groups is 1. The van der Waals surface area contributed by atoms with Crippen molar-refractivity contribution in [1.82, 2.24) is 4.98 Å². The summed E-state index contributed by atoms with van der Waals surface area (Å²) in [6.07, 6.45) is 6.94. The van der Waals surface area contributed by atoms with Crippen LogP contribution in [0.15, 0.2) is 41.1 Å². The van der Waals surface area contributed by atoms with Gasteiger partial charge < -0.3 is 19.1 Å². The van der Waals surface area contributed by atoms with Gasteiger partial charge in [0.2, 0.25) is 0 Å². The number of carboxylic acids is 1. The summed E-state index contributed by atoms with van der Waals surface area (Å²) < 4.78 is 13.9. The zero-order valence-electron chi connectivity index (χ0n) is 33.9. The van der Waals surface area contributed by atoms with E-state index in [1.165, 1.54) is 5.57 Å². The summed E-state index contributed by atoms with van der Waals surface area (Å²) in [6.45, 7) is 31.7. The van der Waals surface area contributed by atoms with Crippen LogP contribution in [0.4, 0.5) is 0 Å². The zero-order valence-corrected chi connectivity index (χ0v) is 36.7. The number of aromatic nitrogens is 1. The Morgan fingerprint density at radius 2 is 1.54 bits per heavy atom. The van der Waals surface area contributed by atoms with E-state index in [4.69, 9.17) is 20.5 Å². The largest absolute Gasteiger partial charge is 0.481 e. The van der Waals surface area contributed by atoms with Crippen molar-refractivity contribution in [3.8, 4) is 0 Å². The molecule has 286 valence electrons. The van der Waals surface area contributed by atoms with E-state index < -0.39 is 46.1 Å². The van der Waals surface area contributed by atoms with Gasteiger partial charge in [-0.2, -0.15) is 0 Å². The first-order chi connectivity index (χ1) is 22.7. The first-order valence-corrected chi connectivity index (χ1v) is 24.6. The molecule has 7 nitrogen and oxygen atoms in total. The minimum absolute atomic E-state index is 0.0150. The number of nitrogens with zero attached hydrogens (tertiary/aromatic N) is 1. The van der Waals surface area contributed by atoms with Crippen LogP contribution in [-0.2, 0) is 18.4 Å². The highest BCUT2D eigenvalue weighted by Gasteiger charge is 2.50. The van der Waals surface area contributed by atoms with Crippen LogP contribution < -0.4 is 0 Å².